The highest BCUT2D eigenvalue weighted by Gasteiger charge is 1.95. The van der Waals surface area contributed by atoms with Crippen molar-refractivity contribution in [1.82, 2.24) is 5.32 Å². The predicted molar refractivity (Wildman–Crippen MR) is 92.0 cm³/mol. The number of methoxy groups -OCH3 is 1. The van der Waals surface area contributed by atoms with E-state index in [1.54, 1.807) is 14.0 Å². The number of Topliss-reactive ketones (excluding diaryl/α,β-unsaturated/α-hetero) is 1. The van der Waals surface area contributed by atoms with E-state index >= 15 is 0 Å². The van der Waals surface area contributed by atoms with Gasteiger partial charge in [0.05, 0.1) is 6.42 Å². The van der Waals surface area contributed by atoms with Gasteiger partial charge in [-0.25, -0.2) is 0 Å². The van der Waals surface area contributed by atoms with E-state index in [0.29, 0.717) is 12.8 Å². The molecule has 1 amide bonds. The molecule has 3 N–H and O–H groups in total. The monoisotopic (exact) mass is 351 g/mol. The fourth-order valence-electron chi connectivity index (χ4n) is 0.559. The van der Waals surface area contributed by atoms with E-state index in [2.05, 4.69) is 10.1 Å². The number of rotatable bonds is 7. The van der Waals surface area contributed by atoms with Gasteiger partial charge in [-0.05, 0) is 20.3 Å². The molecule has 0 aliphatic carbocycles. The average molecular weight is 351 g/mol. The summed E-state index contributed by atoms with van der Waals surface area (Å²) in [4.78, 5) is 39.4. The number of carboxylic acid groups (broad SMARTS) is 2. The zero-order chi connectivity index (χ0) is 20.0. The molecular formula is C16H33NO7. The van der Waals surface area contributed by atoms with Gasteiger partial charge >= 0.3 is 11.9 Å². The largest absolute Gasteiger partial charge is 0.481 e. The Morgan fingerprint density at radius 1 is 0.917 bits per heavy atom. The lowest BCUT2D eigenvalue weighted by molar-refractivity contribution is -0.138. The van der Waals surface area contributed by atoms with Crippen LogP contribution in [-0.4, -0.2) is 54.1 Å². The molecule has 0 heterocycles. The molecule has 0 rings (SSSR count). The number of carbonyl (C=O) groups excluding carboxylic acids is 2. The van der Waals surface area contributed by atoms with E-state index < -0.39 is 11.9 Å². The SMILES string of the molecule is CC(=O)NCCC(=O)O.CCC(C)=O.CCCC(=O)O.CCOC. The molecular weight excluding hydrogens is 318 g/mol. The predicted octanol–water partition coefficient (Wildman–Crippen LogP) is 2.11. The third kappa shape index (κ3) is 72.1. The summed E-state index contributed by atoms with van der Waals surface area (Å²) in [6.45, 7) is 9.61. The van der Waals surface area contributed by atoms with Gasteiger partial charge in [0.2, 0.25) is 5.91 Å². The minimum atomic E-state index is -0.899. The van der Waals surface area contributed by atoms with Crippen molar-refractivity contribution < 1.29 is 34.1 Å². The first kappa shape index (κ1) is 30.0. The number of ether oxygens (including phenoxy) is 1. The van der Waals surface area contributed by atoms with Gasteiger partial charge in [-0.15, -0.1) is 0 Å². The van der Waals surface area contributed by atoms with Crippen molar-refractivity contribution in [3.05, 3.63) is 0 Å². The summed E-state index contributed by atoms with van der Waals surface area (Å²) in [6.07, 6.45) is 1.68. The van der Waals surface area contributed by atoms with Crippen LogP contribution < -0.4 is 5.32 Å². The summed E-state index contributed by atoms with van der Waals surface area (Å²) >= 11 is 0. The minimum Gasteiger partial charge on any atom is -0.481 e. The molecule has 8 nitrogen and oxygen atoms in total. The third-order valence-corrected chi connectivity index (χ3v) is 1.96. The van der Waals surface area contributed by atoms with Crippen LogP contribution in [0.5, 0.6) is 0 Å². The normalized spacial score (nSPS) is 8.08. The molecule has 0 radical (unpaired) electrons. The van der Waals surface area contributed by atoms with Crippen molar-refractivity contribution in [2.24, 2.45) is 0 Å². The Kier molecular flexibility index (Phi) is 32.4. The Morgan fingerprint density at radius 3 is 1.42 bits per heavy atom. The highest BCUT2D eigenvalue weighted by Crippen LogP contribution is 1.82. The summed E-state index contributed by atoms with van der Waals surface area (Å²) in [5.41, 5.74) is 0. The lowest BCUT2D eigenvalue weighted by Crippen LogP contribution is -2.22. The van der Waals surface area contributed by atoms with Gasteiger partial charge < -0.3 is 25.1 Å². The quantitative estimate of drug-likeness (QED) is 0.640. The Labute approximate surface area is 144 Å². The maximum atomic E-state index is 10.1. The molecule has 24 heavy (non-hydrogen) atoms. The number of ketones is 1. The first-order valence-corrected chi connectivity index (χ1v) is 7.75. The highest BCUT2D eigenvalue weighted by atomic mass is 16.5. The highest BCUT2D eigenvalue weighted by molar-refractivity contribution is 5.75. The molecule has 0 saturated carbocycles. The molecule has 0 fully saturated rings. The maximum absolute atomic E-state index is 10.1. The Hall–Kier alpha value is -1.96. The fourth-order valence-corrected chi connectivity index (χ4v) is 0.559. The van der Waals surface area contributed by atoms with Gasteiger partial charge in [-0.1, -0.05) is 13.8 Å². The third-order valence-electron chi connectivity index (χ3n) is 1.96. The molecule has 0 saturated heterocycles. The van der Waals surface area contributed by atoms with E-state index in [0.717, 1.165) is 13.0 Å². The summed E-state index contributed by atoms with van der Waals surface area (Å²) in [6, 6.07) is 0. The zero-order valence-corrected chi connectivity index (χ0v) is 15.7. The molecule has 0 spiro atoms. The second kappa shape index (κ2) is 26.0. The van der Waals surface area contributed by atoms with E-state index in [1.165, 1.54) is 6.92 Å². The van der Waals surface area contributed by atoms with Crippen molar-refractivity contribution in [2.75, 3.05) is 20.3 Å². The number of hydrogen-bond acceptors (Lipinski definition) is 5. The second-order valence-electron chi connectivity index (χ2n) is 4.40. The van der Waals surface area contributed by atoms with Gasteiger partial charge in [-0.3, -0.25) is 14.4 Å². The van der Waals surface area contributed by atoms with Gasteiger partial charge in [0.1, 0.15) is 5.78 Å². The van der Waals surface area contributed by atoms with Crippen molar-refractivity contribution in [3.63, 3.8) is 0 Å². The van der Waals surface area contributed by atoms with Gasteiger partial charge in [0.15, 0.2) is 0 Å². The molecule has 0 atom stereocenters. The zero-order valence-electron chi connectivity index (χ0n) is 15.7. The van der Waals surface area contributed by atoms with E-state index in [9.17, 15) is 19.2 Å². The maximum Gasteiger partial charge on any atom is 0.305 e. The standard InChI is InChI=1S/C5H9NO3.C4H8O2.C4H8O.C3H8O/c1-4(7)6-3-2-5(8)9;1-2-3-4(5)6;1-3-4(2)5;1-3-4-2/h2-3H2,1H3,(H,6,7)(H,8,9);2-3H2,1H3,(H,5,6);3H2,1-2H3;3H2,1-2H3. The second-order valence-corrected chi connectivity index (χ2v) is 4.40. The molecule has 144 valence electrons. The Balaban J connectivity index is -0.000000117. The first-order chi connectivity index (χ1) is 11.1. The summed E-state index contributed by atoms with van der Waals surface area (Å²) in [5, 5.41) is 18.3. The van der Waals surface area contributed by atoms with Crippen LogP contribution in [-0.2, 0) is 23.9 Å². The van der Waals surface area contributed by atoms with Crippen LogP contribution in [0.4, 0.5) is 0 Å². The van der Waals surface area contributed by atoms with Crippen molar-refractivity contribution >= 4 is 23.6 Å². The summed E-state index contributed by atoms with van der Waals surface area (Å²) in [5.74, 6) is -1.55. The molecule has 0 aliphatic rings. The summed E-state index contributed by atoms with van der Waals surface area (Å²) < 4.78 is 4.54. The van der Waals surface area contributed by atoms with Crippen molar-refractivity contribution in [1.29, 1.82) is 0 Å². The van der Waals surface area contributed by atoms with Gasteiger partial charge in [-0.2, -0.15) is 0 Å². The van der Waals surface area contributed by atoms with E-state index in [4.69, 9.17) is 10.2 Å². The molecule has 0 aromatic carbocycles. The number of hydrogen-bond donors (Lipinski definition) is 3. The van der Waals surface area contributed by atoms with E-state index in [1.807, 2.05) is 20.8 Å². The Bertz CT molecular complexity index is 314. The lowest BCUT2D eigenvalue weighted by atomic mass is 10.4. The number of amides is 1. The lowest BCUT2D eigenvalue weighted by Gasteiger charge is -1.95. The summed E-state index contributed by atoms with van der Waals surface area (Å²) in [7, 11) is 1.68. The van der Waals surface area contributed by atoms with Crippen LogP contribution in [0, 0.1) is 0 Å². The van der Waals surface area contributed by atoms with Crippen LogP contribution >= 0.6 is 0 Å². The van der Waals surface area contributed by atoms with Crippen LogP contribution in [0.2, 0.25) is 0 Å². The van der Waals surface area contributed by atoms with Crippen molar-refractivity contribution in [3.8, 4) is 0 Å². The van der Waals surface area contributed by atoms with Gasteiger partial charge in [0.25, 0.3) is 0 Å². The van der Waals surface area contributed by atoms with Crippen LogP contribution in [0.1, 0.15) is 60.3 Å². The van der Waals surface area contributed by atoms with Crippen LogP contribution in [0.25, 0.3) is 0 Å². The topological polar surface area (TPSA) is 130 Å². The number of carboxylic acids is 2. The average Bonchev–Trinajstić information content (AvgIpc) is 2.47. The molecule has 0 aliphatic heterocycles. The Morgan fingerprint density at radius 2 is 1.29 bits per heavy atom. The van der Waals surface area contributed by atoms with Crippen LogP contribution in [0.15, 0.2) is 0 Å². The molecule has 0 aromatic heterocycles. The minimum absolute atomic E-state index is 0.0143. The molecule has 0 bridgehead atoms. The smallest absolute Gasteiger partial charge is 0.305 e. The molecule has 0 aromatic rings. The number of nitrogens with one attached hydrogen (secondary N) is 1. The fraction of sp³-hybridized carbons (Fsp3) is 0.750. The molecule has 8 heteroatoms. The van der Waals surface area contributed by atoms with Gasteiger partial charge in [0, 0.05) is 40.0 Å². The van der Waals surface area contributed by atoms with E-state index in [-0.39, 0.29) is 24.7 Å². The first-order valence-electron chi connectivity index (χ1n) is 7.75. The van der Waals surface area contributed by atoms with Crippen molar-refractivity contribution in [2.45, 2.75) is 60.3 Å². The molecule has 0 unspecified atom stereocenters. The van der Waals surface area contributed by atoms with Crippen LogP contribution in [0.3, 0.4) is 0 Å². The number of carbonyl (C=O) groups is 4. The number of aliphatic carboxylic acids is 2.